The molecule has 3 aromatic heterocycles. The van der Waals surface area contributed by atoms with Crippen molar-refractivity contribution in [3.8, 4) is 0 Å². The molecular formula is C22H23N3S2. The number of aromatic nitrogens is 2. The summed E-state index contributed by atoms with van der Waals surface area (Å²) in [6, 6.07) is 10.9. The van der Waals surface area contributed by atoms with Gasteiger partial charge in [-0.1, -0.05) is 32.6 Å². The minimum atomic E-state index is 0.686. The monoisotopic (exact) mass is 393 g/mol. The first kappa shape index (κ1) is 17.1. The summed E-state index contributed by atoms with van der Waals surface area (Å²) in [6.45, 7) is 2.43. The number of hydrogen-bond donors (Lipinski definition) is 1. The lowest BCUT2D eigenvalue weighted by molar-refractivity contribution is 0.440. The number of thiazole rings is 1. The molecule has 1 aliphatic rings. The van der Waals surface area contributed by atoms with Gasteiger partial charge < -0.3 is 5.32 Å². The van der Waals surface area contributed by atoms with Crippen LogP contribution in [0.4, 0.5) is 11.4 Å². The fraction of sp³-hybridized carbons (Fsp3) is 0.364. The van der Waals surface area contributed by atoms with Crippen molar-refractivity contribution in [2.24, 2.45) is 5.92 Å². The molecule has 1 saturated carbocycles. The summed E-state index contributed by atoms with van der Waals surface area (Å²) in [5.74, 6) is 1.45. The molecule has 1 aliphatic carbocycles. The van der Waals surface area contributed by atoms with E-state index in [1.807, 2.05) is 23.0 Å². The summed E-state index contributed by atoms with van der Waals surface area (Å²) in [5.41, 5.74) is 5.17. The van der Waals surface area contributed by atoms with Crippen molar-refractivity contribution in [2.75, 3.05) is 5.32 Å². The zero-order chi connectivity index (χ0) is 18.2. The molecule has 3 heterocycles. The van der Waals surface area contributed by atoms with Crippen molar-refractivity contribution in [3.05, 3.63) is 46.9 Å². The molecule has 27 heavy (non-hydrogen) atoms. The van der Waals surface area contributed by atoms with Crippen LogP contribution in [0.1, 0.15) is 49.8 Å². The number of anilines is 2. The summed E-state index contributed by atoms with van der Waals surface area (Å²) < 4.78 is 1.22. The van der Waals surface area contributed by atoms with Crippen LogP contribution in [0.25, 0.3) is 20.4 Å². The summed E-state index contributed by atoms with van der Waals surface area (Å²) in [5, 5.41) is 4.84. The quantitative estimate of drug-likeness (QED) is 0.370. The standard InChI is InChI=1S/C22H23N3S2/c1-14-5-3-2-4-6-16(14)21-12-17-18(9-10-23-22(17)27-21)25-15-7-8-20-19(11-15)24-13-26-20/h7-14,16H,2-6H2,1H3,(H,23,25)/t14-,16+/m0/s1. The minimum Gasteiger partial charge on any atom is -0.355 e. The first-order valence-corrected chi connectivity index (χ1v) is 11.5. The summed E-state index contributed by atoms with van der Waals surface area (Å²) in [6.07, 6.45) is 8.71. The van der Waals surface area contributed by atoms with E-state index in [0.717, 1.165) is 27.6 Å². The molecule has 0 aliphatic heterocycles. The van der Waals surface area contributed by atoms with Crippen LogP contribution in [0.15, 0.2) is 42.0 Å². The Balaban J connectivity index is 1.50. The van der Waals surface area contributed by atoms with E-state index in [0.29, 0.717) is 5.92 Å². The van der Waals surface area contributed by atoms with Gasteiger partial charge in [-0.15, -0.1) is 22.7 Å². The number of pyridine rings is 1. The number of fused-ring (bicyclic) bond motifs is 2. The fourth-order valence-electron chi connectivity index (χ4n) is 4.26. The maximum Gasteiger partial charge on any atom is 0.125 e. The fourth-order valence-corrected chi connectivity index (χ4v) is 6.21. The van der Waals surface area contributed by atoms with Crippen LogP contribution in [0, 0.1) is 5.92 Å². The molecule has 2 atom stereocenters. The second-order valence-corrected chi connectivity index (χ2v) is 9.56. The second kappa shape index (κ2) is 7.21. The topological polar surface area (TPSA) is 37.8 Å². The molecule has 0 radical (unpaired) electrons. The molecule has 0 saturated heterocycles. The largest absolute Gasteiger partial charge is 0.355 e. The zero-order valence-electron chi connectivity index (χ0n) is 15.4. The minimum absolute atomic E-state index is 0.686. The predicted molar refractivity (Wildman–Crippen MR) is 118 cm³/mol. The number of hydrogen-bond acceptors (Lipinski definition) is 5. The van der Waals surface area contributed by atoms with Crippen LogP contribution < -0.4 is 5.32 Å². The molecular weight excluding hydrogens is 370 g/mol. The third-order valence-electron chi connectivity index (χ3n) is 5.79. The van der Waals surface area contributed by atoms with Gasteiger partial charge in [-0.3, -0.25) is 0 Å². The average molecular weight is 394 g/mol. The molecule has 1 fully saturated rings. The molecule has 0 amide bonds. The van der Waals surface area contributed by atoms with Crippen molar-refractivity contribution in [2.45, 2.75) is 44.9 Å². The lowest BCUT2D eigenvalue weighted by atomic mass is 9.88. The van der Waals surface area contributed by atoms with Gasteiger partial charge in [0.1, 0.15) is 4.83 Å². The molecule has 0 bridgehead atoms. The van der Waals surface area contributed by atoms with Crippen LogP contribution in [-0.2, 0) is 0 Å². The Labute approximate surface area is 167 Å². The van der Waals surface area contributed by atoms with Crippen molar-refractivity contribution in [3.63, 3.8) is 0 Å². The molecule has 1 N–H and O–H groups in total. The highest BCUT2D eigenvalue weighted by atomic mass is 32.1. The first-order valence-electron chi connectivity index (χ1n) is 9.76. The van der Waals surface area contributed by atoms with E-state index in [9.17, 15) is 0 Å². The first-order chi connectivity index (χ1) is 13.3. The Morgan fingerprint density at radius 1 is 1.04 bits per heavy atom. The van der Waals surface area contributed by atoms with E-state index < -0.39 is 0 Å². The second-order valence-electron chi connectivity index (χ2n) is 7.61. The smallest absolute Gasteiger partial charge is 0.125 e. The molecule has 5 heteroatoms. The molecule has 4 aromatic rings. The Hall–Kier alpha value is -1.98. The van der Waals surface area contributed by atoms with Crippen molar-refractivity contribution in [1.29, 1.82) is 0 Å². The number of nitrogens with one attached hydrogen (secondary N) is 1. The van der Waals surface area contributed by atoms with Gasteiger partial charge >= 0.3 is 0 Å². The lowest BCUT2D eigenvalue weighted by Crippen LogP contribution is -2.06. The van der Waals surface area contributed by atoms with Gasteiger partial charge in [0.15, 0.2) is 0 Å². The summed E-state index contributed by atoms with van der Waals surface area (Å²) in [4.78, 5) is 11.7. The SMILES string of the molecule is C[C@H]1CCCCC[C@H]1c1cc2c(Nc3ccc4scnc4c3)ccnc2s1. The van der Waals surface area contributed by atoms with Crippen LogP contribution >= 0.6 is 22.7 Å². The Morgan fingerprint density at radius 3 is 2.93 bits per heavy atom. The number of rotatable bonds is 3. The van der Waals surface area contributed by atoms with Crippen molar-refractivity contribution in [1.82, 2.24) is 9.97 Å². The van der Waals surface area contributed by atoms with Gasteiger partial charge in [0.05, 0.1) is 21.4 Å². The van der Waals surface area contributed by atoms with Gasteiger partial charge in [-0.25, -0.2) is 9.97 Å². The van der Waals surface area contributed by atoms with Crippen LogP contribution in [0.3, 0.4) is 0 Å². The molecule has 1 aromatic carbocycles. The molecule has 138 valence electrons. The van der Waals surface area contributed by atoms with E-state index in [2.05, 4.69) is 52.5 Å². The highest BCUT2D eigenvalue weighted by Gasteiger charge is 2.24. The highest BCUT2D eigenvalue weighted by molar-refractivity contribution is 7.18. The average Bonchev–Trinajstić information content (AvgIpc) is 3.26. The van der Waals surface area contributed by atoms with Crippen molar-refractivity contribution >= 4 is 54.5 Å². The molecule has 0 spiro atoms. The lowest BCUT2D eigenvalue weighted by Gasteiger charge is -2.19. The number of benzene rings is 1. The van der Waals surface area contributed by atoms with Gasteiger partial charge in [0.25, 0.3) is 0 Å². The Kier molecular flexibility index (Phi) is 4.58. The third kappa shape index (κ3) is 3.34. The highest BCUT2D eigenvalue weighted by Crippen LogP contribution is 2.42. The maximum absolute atomic E-state index is 4.66. The van der Waals surface area contributed by atoms with Gasteiger partial charge in [-0.05, 0) is 48.6 Å². The summed E-state index contributed by atoms with van der Waals surface area (Å²) >= 11 is 3.56. The van der Waals surface area contributed by atoms with E-state index >= 15 is 0 Å². The Morgan fingerprint density at radius 2 is 1.96 bits per heavy atom. The summed E-state index contributed by atoms with van der Waals surface area (Å²) in [7, 11) is 0. The zero-order valence-corrected chi connectivity index (χ0v) is 17.1. The van der Waals surface area contributed by atoms with Gasteiger partial charge in [0, 0.05) is 22.1 Å². The van der Waals surface area contributed by atoms with Crippen LogP contribution in [0.5, 0.6) is 0 Å². The number of thiophene rings is 1. The number of nitrogens with zero attached hydrogens (tertiary/aromatic N) is 2. The van der Waals surface area contributed by atoms with E-state index in [1.54, 1.807) is 11.3 Å². The Bertz CT molecular complexity index is 1080. The van der Waals surface area contributed by atoms with Crippen molar-refractivity contribution < 1.29 is 0 Å². The molecule has 3 nitrogen and oxygen atoms in total. The van der Waals surface area contributed by atoms with E-state index in [4.69, 9.17) is 0 Å². The molecule has 0 unspecified atom stereocenters. The van der Waals surface area contributed by atoms with Crippen LogP contribution in [-0.4, -0.2) is 9.97 Å². The van der Waals surface area contributed by atoms with Crippen LogP contribution in [0.2, 0.25) is 0 Å². The van der Waals surface area contributed by atoms with E-state index in [1.165, 1.54) is 47.1 Å². The van der Waals surface area contributed by atoms with Gasteiger partial charge in [0.2, 0.25) is 0 Å². The third-order valence-corrected chi connectivity index (χ3v) is 7.78. The van der Waals surface area contributed by atoms with E-state index in [-0.39, 0.29) is 0 Å². The normalized spacial score (nSPS) is 20.8. The van der Waals surface area contributed by atoms with Gasteiger partial charge in [-0.2, -0.15) is 0 Å². The molecule has 5 rings (SSSR count). The maximum atomic E-state index is 4.66. The predicted octanol–water partition coefficient (Wildman–Crippen LogP) is 7.33.